The molecule has 2 saturated heterocycles. The molecular weight excluding hydrogens is 228 g/mol. The van der Waals surface area contributed by atoms with Crippen molar-refractivity contribution in [1.29, 1.82) is 0 Å². The number of carbonyl (C=O) groups is 1. The maximum Gasteiger partial charge on any atom is 0.249 e. The number of carbonyl (C=O) groups excluding carboxylic acids is 1. The predicted octanol–water partition coefficient (Wildman–Crippen LogP) is 0.0927. The molecule has 0 radical (unpaired) electrons. The molecule has 5 nitrogen and oxygen atoms in total. The molecule has 2 unspecified atom stereocenters. The summed E-state index contributed by atoms with van der Waals surface area (Å²) in [4.78, 5) is 16.2. The molecule has 3 aliphatic rings. The smallest absolute Gasteiger partial charge is 0.249 e. The zero-order valence-corrected chi connectivity index (χ0v) is 11.1. The van der Waals surface area contributed by atoms with Crippen LogP contribution in [0.25, 0.3) is 0 Å². The van der Waals surface area contributed by atoms with Crippen molar-refractivity contribution in [1.82, 2.24) is 19.8 Å². The molecule has 1 amide bonds. The van der Waals surface area contributed by atoms with Gasteiger partial charge in [-0.3, -0.25) is 4.79 Å². The fourth-order valence-electron chi connectivity index (χ4n) is 3.00. The number of hydrogen-bond acceptors (Lipinski definition) is 4. The van der Waals surface area contributed by atoms with Crippen molar-refractivity contribution in [3.63, 3.8) is 0 Å². The Morgan fingerprint density at radius 3 is 2.94 bits per heavy atom. The first kappa shape index (κ1) is 11.6. The molecule has 0 N–H and O–H groups in total. The average Bonchev–Trinajstić information content (AvgIpc) is 3.04. The number of nitrogens with zero attached hydrogens (tertiary/aromatic N) is 4. The first-order valence-corrected chi connectivity index (χ1v) is 6.44. The topological polar surface area (TPSA) is 29.8 Å². The SMILES string of the molecule is C=CN1CCCN2C(=CC3(C(=O)N(C)C)CN23)C1. The first-order valence-electron chi connectivity index (χ1n) is 6.44. The lowest BCUT2D eigenvalue weighted by atomic mass is 10.1. The van der Waals surface area contributed by atoms with E-state index in [1.807, 2.05) is 20.3 Å². The van der Waals surface area contributed by atoms with Crippen LogP contribution < -0.4 is 0 Å². The molecular formula is C13H20N4O. The number of likely N-dealkylation sites (N-methyl/N-ethyl adjacent to an activating group) is 1. The fourth-order valence-corrected chi connectivity index (χ4v) is 3.00. The first-order chi connectivity index (χ1) is 8.58. The molecule has 0 spiro atoms. The molecule has 5 heteroatoms. The number of hydrogen-bond donors (Lipinski definition) is 0. The second-order valence-corrected chi connectivity index (χ2v) is 5.45. The van der Waals surface area contributed by atoms with Crippen LogP contribution in [-0.2, 0) is 4.79 Å². The summed E-state index contributed by atoms with van der Waals surface area (Å²) in [7, 11) is 3.65. The molecule has 0 aromatic rings. The Bertz CT molecular complexity index is 431. The number of hydrazine groups is 1. The third kappa shape index (κ3) is 1.47. The molecule has 3 aliphatic heterocycles. The van der Waals surface area contributed by atoms with Crippen molar-refractivity contribution in [2.24, 2.45) is 0 Å². The highest BCUT2D eigenvalue weighted by atomic mass is 16.2. The summed E-state index contributed by atoms with van der Waals surface area (Å²) in [5.41, 5.74) is 0.872. The van der Waals surface area contributed by atoms with E-state index in [0.717, 1.165) is 32.6 Å². The van der Waals surface area contributed by atoms with E-state index in [0.29, 0.717) is 0 Å². The van der Waals surface area contributed by atoms with Gasteiger partial charge in [0.15, 0.2) is 5.54 Å². The quantitative estimate of drug-likeness (QED) is 0.648. The minimum absolute atomic E-state index is 0.188. The largest absolute Gasteiger partial charge is 0.372 e. The average molecular weight is 248 g/mol. The normalized spacial score (nSPS) is 33.2. The zero-order valence-electron chi connectivity index (χ0n) is 11.1. The molecule has 0 aliphatic carbocycles. The number of fused-ring (bicyclic) bond motifs is 3. The van der Waals surface area contributed by atoms with Gasteiger partial charge in [0, 0.05) is 32.9 Å². The molecule has 2 atom stereocenters. The van der Waals surface area contributed by atoms with Crippen LogP contribution in [0.3, 0.4) is 0 Å². The third-order valence-corrected chi connectivity index (χ3v) is 3.99. The van der Waals surface area contributed by atoms with Crippen molar-refractivity contribution >= 4 is 5.91 Å². The van der Waals surface area contributed by atoms with Gasteiger partial charge in [-0.25, -0.2) is 0 Å². The summed E-state index contributed by atoms with van der Waals surface area (Å²) in [5.74, 6) is 0.188. The second kappa shape index (κ2) is 3.75. The molecule has 98 valence electrons. The molecule has 0 saturated carbocycles. The van der Waals surface area contributed by atoms with Gasteiger partial charge in [0.1, 0.15) is 0 Å². The van der Waals surface area contributed by atoms with Crippen LogP contribution in [0.1, 0.15) is 6.42 Å². The number of rotatable bonds is 2. The van der Waals surface area contributed by atoms with Gasteiger partial charge in [-0.2, -0.15) is 5.01 Å². The molecule has 3 heterocycles. The van der Waals surface area contributed by atoms with Crippen molar-refractivity contribution < 1.29 is 4.79 Å². The van der Waals surface area contributed by atoms with Crippen LogP contribution in [-0.4, -0.2) is 71.5 Å². The fraction of sp³-hybridized carbons (Fsp3) is 0.615. The molecule has 18 heavy (non-hydrogen) atoms. The lowest BCUT2D eigenvalue weighted by molar-refractivity contribution is -0.132. The van der Waals surface area contributed by atoms with E-state index in [1.165, 1.54) is 5.70 Å². The van der Waals surface area contributed by atoms with Crippen molar-refractivity contribution in [3.05, 3.63) is 24.6 Å². The van der Waals surface area contributed by atoms with Gasteiger partial charge in [0.05, 0.1) is 13.1 Å². The molecule has 3 rings (SSSR count). The summed E-state index contributed by atoms with van der Waals surface area (Å²) in [5, 5.41) is 4.47. The highest BCUT2D eigenvalue weighted by molar-refractivity contribution is 5.92. The van der Waals surface area contributed by atoms with E-state index in [4.69, 9.17) is 0 Å². The Morgan fingerprint density at radius 1 is 1.50 bits per heavy atom. The van der Waals surface area contributed by atoms with E-state index >= 15 is 0 Å². The summed E-state index contributed by atoms with van der Waals surface area (Å²) in [6, 6.07) is 0. The van der Waals surface area contributed by atoms with Crippen LogP contribution in [0.15, 0.2) is 24.6 Å². The van der Waals surface area contributed by atoms with E-state index in [2.05, 4.69) is 27.6 Å². The van der Waals surface area contributed by atoms with Crippen molar-refractivity contribution in [3.8, 4) is 0 Å². The lowest BCUT2D eigenvalue weighted by Crippen LogP contribution is -2.38. The Labute approximate surface area is 108 Å². The summed E-state index contributed by atoms with van der Waals surface area (Å²) < 4.78 is 0. The van der Waals surface area contributed by atoms with E-state index in [1.54, 1.807) is 4.90 Å². The Morgan fingerprint density at radius 2 is 2.28 bits per heavy atom. The van der Waals surface area contributed by atoms with Gasteiger partial charge in [-0.15, -0.1) is 0 Å². The van der Waals surface area contributed by atoms with Crippen LogP contribution in [0, 0.1) is 0 Å². The Hall–Kier alpha value is -1.49. The maximum absolute atomic E-state index is 12.3. The predicted molar refractivity (Wildman–Crippen MR) is 69.3 cm³/mol. The van der Waals surface area contributed by atoms with Gasteiger partial charge < -0.3 is 14.8 Å². The van der Waals surface area contributed by atoms with Crippen LogP contribution >= 0.6 is 0 Å². The Balaban J connectivity index is 1.85. The standard InChI is InChI=1S/C13H20N4O/c1-4-15-6-5-7-16-11(9-15)8-13(10-17(13)16)12(18)14(2)3/h4,8H,1,5-7,9-10H2,2-3H3. The van der Waals surface area contributed by atoms with E-state index in [-0.39, 0.29) is 11.4 Å². The summed E-state index contributed by atoms with van der Waals surface area (Å²) in [6.45, 7) is 7.58. The van der Waals surface area contributed by atoms with Gasteiger partial charge in [0.25, 0.3) is 0 Å². The number of amides is 1. The minimum atomic E-state index is -0.372. The van der Waals surface area contributed by atoms with Crippen LogP contribution in [0.4, 0.5) is 0 Å². The summed E-state index contributed by atoms with van der Waals surface area (Å²) in [6.07, 6.45) is 5.15. The van der Waals surface area contributed by atoms with Crippen molar-refractivity contribution in [2.45, 2.75) is 12.0 Å². The zero-order chi connectivity index (χ0) is 12.9. The lowest BCUT2D eigenvalue weighted by Gasteiger charge is -2.23. The maximum atomic E-state index is 12.3. The molecule has 0 bridgehead atoms. The molecule has 2 fully saturated rings. The van der Waals surface area contributed by atoms with Gasteiger partial charge in [-0.05, 0) is 18.7 Å². The monoisotopic (exact) mass is 248 g/mol. The van der Waals surface area contributed by atoms with Crippen LogP contribution in [0.2, 0.25) is 0 Å². The second-order valence-electron chi connectivity index (χ2n) is 5.45. The molecule has 0 aromatic carbocycles. The van der Waals surface area contributed by atoms with Gasteiger partial charge >= 0.3 is 0 Å². The third-order valence-electron chi connectivity index (χ3n) is 3.99. The Kier molecular flexibility index (Phi) is 2.41. The minimum Gasteiger partial charge on any atom is -0.372 e. The van der Waals surface area contributed by atoms with E-state index in [9.17, 15) is 4.79 Å². The van der Waals surface area contributed by atoms with Gasteiger partial charge in [0.2, 0.25) is 5.91 Å². The van der Waals surface area contributed by atoms with Crippen LogP contribution in [0.5, 0.6) is 0 Å². The highest BCUT2D eigenvalue weighted by Crippen LogP contribution is 2.45. The van der Waals surface area contributed by atoms with Crippen molar-refractivity contribution in [2.75, 3.05) is 40.3 Å². The molecule has 0 aromatic heterocycles. The van der Waals surface area contributed by atoms with Gasteiger partial charge in [-0.1, -0.05) is 6.58 Å². The van der Waals surface area contributed by atoms with E-state index < -0.39 is 0 Å². The summed E-state index contributed by atoms with van der Waals surface area (Å²) >= 11 is 0. The highest BCUT2D eigenvalue weighted by Gasteiger charge is 2.64.